The molecule has 16 heavy (non-hydrogen) atoms. The number of nitrogens with one attached hydrogen (secondary N) is 1. The molecule has 92 valence electrons. The zero-order valence-electron chi connectivity index (χ0n) is 10.6. The van der Waals surface area contributed by atoms with Crippen LogP contribution in [-0.4, -0.2) is 49.8 Å². The maximum Gasteiger partial charge on any atom is 0.0866 e. The lowest BCUT2D eigenvalue weighted by molar-refractivity contribution is 0.0789. The van der Waals surface area contributed by atoms with Crippen molar-refractivity contribution in [1.82, 2.24) is 10.2 Å². The minimum atomic E-state index is 0.247. The molecule has 0 amide bonds. The molecule has 0 aromatic rings. The minimum Gasteiger partial charge on any atom is -0.380 e. The van der Waals surface area contributed by atoms with Gasteiger partial charge in [0.15, 0.2) is 0 Å². The summed E-state index contributed by atoms with van der Waals surface area (Å²) in [6.07, 6.45) is 2.50. The van der Waals surface area contributed by atoms with Crippen LogP contribution in [0.5, 0.6) is 0 Å². The first-order chi connectivity index (χ1) is 7.67. The molecule has 4 nitrogen and oxygen atoms in total. The van der Waals surface area contributed by atoms with E-state index >= 15 is 0 Å². The maximum atomic E-state index is 8.61. The number of nitriles is 1. The zero-order valence-corrected chi connectivity index (χ0v) is 10.6. The lowest BCUT2D eigenvalue weighted by atomic mass is 10.0. The van der Waals surface area contributed by atoms with Gasteiger partial charge in [0.25, 0.3) is 0 Å². The number of ether oxygens (including phenoxy) is 1. The van der Waals surface area contributed by atoms with Crippen molar-refractivity contribution in [2.45, 2.75) is 44.9 Å². The molecule has 2 atom stereocenters. The highest BCUT2D eigenvalue weighted by molar-refractivity contribution is 4.85. The summed E-state index contributed by atoms with van der Waals surface area (Å²) in [4.78, 5) is 2.21. The molecular formula is C12H23N3O. The second-order valence-electron chi connectivity index (χ2n) is 4.60. The number of rotatable bonds is 5. The summed E-state index contributed by atoms with van der Waals surface area (Å²) in [7, 11) is 1.75. The smallest absolute Gasteiger partial charge is 0.0866 e. The van der Waals surface area contributed by atoms with Crippen molar-refractivity contribution in [3.8, 4) is 6.07 Å². The molecule has 1 aliphatic rings. The van der Waals surface area contributed by atoms with Gasteiger partial charge >= 0.3 is 0 Å². The van der Waals surface area contributed by atoms with Crippen molar-refractivity contribution >= 4 is 0 Å². The summed E-state index contributed by atoms with van der Waals surface area (Å²) in [6.45, 7) is 6.87. The van der Waals surface area contributed by atoms with Gasteiger partial charge in [-0.1, -0.05) is 0 Å². The summed E-state index contributed by atoms with van der Waals surface area (Å²) >= 11 is 0. The Bertz CT molecular complexity index is 231. The summed E-state index contributed by atoms with van der Waals surface area (Å²) < 4.78 is 5.30. The molecule has 0 aromatic carbocycles. The van der Waals surface area contributed by atoms with Gasteiger partial charge in [-0.2, -0.15) is 5.26 Å². The standard InChI is InChI=1S/C12H23N3O/c1-10(11(2)16-3)14-12-4-7-15(8-5-12)9-6-13/h10-12,14H,4-5,7-9H2,1-3H3. The van der Waals surface area contributed by atoms with Crippen molar-refractivity contribution in [3.05, 3.63) is 0 Å². The van der Waals surface area contributed by atoms with Gasteiger partial charge in [-0.25, -0.2) is 0 Å². The SMILES string of the molecule is COC(C)C(C)NC1CCN(CC#N)CC1. The highest BCUT2D eigenvalue weighted by atomic mass is 16.5. The Morgan fingerprint density at radius 3 is 2.56 bits per heavy atom. The van der Waals surface area contributed by atoms with Gasteiger partial charge in [0, 0.05) is 32.3 Å². The van der Waals surface area contributed by atoms with Crippen LogP contribution in [0.15, 0.2) is 0 Å². The van der Waals surface area contributed by atoms with E-state index in [0.717, 1.165) is 25.9 Å². The quantitative estimate of drug-likeness (QED) is 0.709. The summed E-state index contributed by atoms with van der Waals surface area (Å²) in [5, 5.41) is 12.2. The molecule has 1 heterocycles. The molecular weight excluding hydrogens is 202 g/mol. The molecule has 0 saturated carbocycles. The highest BCUT2D eigenvalue weighted by Gasteiger charge is 2.21. The highest BCUT2D eigenvalue weighted by Crippen LogP contribution is 2.11. The Labute approximate surface area is 98.6 Å². The predicted molar refractivity (Wildman–Crippen MR) is 64.1 cm³/mol. The number of methoxy groups -OCH3 is 1. The van der Waals surface area contributed by atoms with Crippen LogP contribution in [0, 0.1) is 11.3 Å². The molecule has 1 aliphatic heterocycles. The second kappa shape index (κ2) is 6.85. The van der Waals surface area contributed by atoms with E-state index in [2.05, 4.69) is 30.1 Å². The average molecular weight is 225 g/mol. The van der Waals surface area contributed by atoms with E-state index in [1.807, 2.05) is 0 Å². The number of piperidine rings is 1. The van der Waals surface area contributed by atoms with Crippen LogP contribution in [-0.2, 0) is 4.74 Å². The Kier molecular flexibility index (Phi) is 5.75. The third kappa shape index (κ3) is 4.09. The Hall–Kier alpha value is -0.630. The first-order valence-electron chi connectivity index (χ1n) is 6.05. The monoisotopic (exact) mass is 225 g/mol. The number of hydrogen-bond donors (Lipinski definition) is 1. The predicted octanol–water partition coefficient (Wildman–Crippen LogP) is 0.987. The molecule has 1 N–H and O–H groups in total. The molecule has 4 heteroatoms. The van der Waals surface area contributed by atoms with Crippen LogP contribution >= 0.6 is 0 Å². The number of likely N-dealkylation sites (tertiary alicyclic amines) is 1. The van der Waals surface area contributed by atoms with E-state index in [-0.39, 0.29) is 6.10 Å². The van der Waals surface area contributed by atoms with Crippen LogP contribution < -0.4 is 5.32 Å². The van der Waals surface area contributed by atoms with Crippen LogP contribution in [0.3, 0.4) is 0 Å². The van der Waals surface area contributed by atoms with Gasteiger partial charge < -0.3 is 10.1 Å². The third-order valence-electron chi connectivity index (χ3n) is 3.46. The molecule has 1 rings (SSSR count). The van der Waals surface area contributed by atoms with Gasteiger partial charge in [0.2, 0.25) is 0 Å². The van der Waals surface area contributed by atoms with Crippen molar-refractivity contribution in [2.75, 3.05) is 26.7 Å². The summed E-state index contributed by atoms with van der Waals surface area (Å²) in [5.41, 5.74) is 0. The maximum absolute atomic E-state index is 8.61. The molecule has 0 radical (unpaired) electrons. The Morgan fingerprint density at radius 1 is 1.44 bits per heavy atom. The fourth-order valence-electron chi connectivity index (χ4n) is 2.07. The molecule has 1 saturated heterocycles. The molecule has 0 bridgehead atoms. The van der Waals surface area contributed by atoms with E-state index in [0.29, 0.717) is 18.6 Å². The zero-order chi connectivity index (χ0) is 12.0. The Balaban J connectivity index is 2.24. The van der Waals surface area contributed by atoms with Crippen molar-refractivity contribution in [1.29, 1.82) is 5.26 Å². The lowest BCUT2D eigenvalue weighted by Crippen LogP contribution is -2.48. The minimum absolute atomic E-state index is 0.247. The number of hydrogen-bond acceptors (Lipinski definition) is 4. The third-order valence-corrected chi connectivity index (χ3v) is 3.46. The van der Waals surface area contributed by atoms with E-state index in [4.69, 9.17) is 10.00 Å². The van der Waals surface area contributed by atoms with Gasteiger partial charge in [-0.05, 0) is 26.7 Å². The molecule has 0 aromatic heterocycles. The van der Waals surface area contributed by atoms with Gasteiger partial charge in [0.1, 0.15) is 0 Å². The van der Waals surface area contributed by atoms with Gasteiger partial charge in [0.05, 0.1) is 18.7 Å². The first kappa shape index (κ1) is 13.4. The lowest BCUT2D eigenvalue weighted by Gasteiger charge is -2.33. The fraction of sp³-hybridized carbons (Fsp3) is 0.917. The van der Waals surface area contributed by atoms with Crippen molar-refractivity contribution in [3.63, 3.8) is 0 Å². The van der Waals surface area contributed by atoms with Crippen LogP contribution in [0.1, 0.15) is 26.7 Å². The molecule has 0 aliphatic carbocycles. The Morgan fingerprint density at radius 2 is 2.06 bits per heavy atom. The van der Waals surface area contributed by atoms with Crippen molar-refractivity contribution in [2.24, 2.45) is 0 Å². The normalized spacial score (nSPS) is 22.6. The average Bonchev–Trinajstić information content (AvgIpc) is 2.31. The molecule has 0 spiro atoms. The summed E-state index contributed by atoms with van der Waals surface area (Å²) in [5.74, 6) is 0. The van der Waals surface area contributed by atoms with Crippen molar-refractivity contribution < 1.29 is 4.74 Å². The van der Waals surface area contributed by atoms with E-state index in [1.54, 1.807) is 7.11 Å². The van der Waals surface area contributed by atoms with Crippen LogP contribution in [0.2, 0.25) is 0 Å². The topological polar surface area (TPSA) is 48.3 Å². The largest absolute Gasteiger partial charge is 0.380 e. The van der Waals surface area contributed by atoms with Crippen LogP contribution in [0.4, 0.5) is 0 Å². The fourth-order valence-corrected chi connectivity index (χ4v) is 2.07. The van der Waals surface area contributed by atoms with Gasteiger partial charge in [-0.15, -0.1) is 0 Å². The van der Waals surface area contributed by atoms with E-state index in [9.17, 15) is 0 Å². The summed E-state index contributed by atoms with van der Waals surface area (Å²) in [6, 6.07) is 3.16. The van der Waals surface area contributed by atoms with E-state index in [1.165, 1.54) is 0 Å². The molecule has 2 unspecified atom stereocenters. The first-order valence-corrected chi connectivity index (χ1v) is 6.05. The van der Waals surface area contributed by atoms with Gasteiger partial charge in [-0.3, -0.25) is 4.90 Å². The van der Waals surface area contributed by atoms with Crippen LogP contribution in [0.25, 0.3) is 0 Å². The second-order valence-corrected chi connectivity index (χ2v) is 4.60. The van der Waals surface area contributed by atoms with E-state index < -0.39 is 0 Å². The number of nitrogens with zero attached hydrogens (tertiary/aromatic N) is 2. The molecule has 1 fully saturated rings.